The number of thioether (sulfide) groups is 1. The Morgan fingerprint density at radius 1 is 1.19 bits per heavy atom. The van der Waals surface area contributed by atoms with Crippen LogP contribution in [0.25, 0.3) is 0 Å². The molecule has 0 saturated carbocycles. The highest BCUT2D eigenvalue weighted by Gasteiger charge is 2.04. The molecule has 0 aliphatic heterocycles. The first-order valence-corrected chi connectivity index (χ1v) is 7.77. The first kappa shape index (κ1) is 15.4. The fraction of sp³-hybridized carbons (Fsp3) is 0.235. The highest BCUT2D eigenvalue weighted by Crippen LogP contribution is 2.20. The van der Waals surface area contributed by atoms with E-state index >= 15 is 0 Å². The maximum Gasteiger partial charge on any atom is 0.123 e. The summed E-state index contributed by atoms with van der Waals surface area (Å²) in [7, 11) is 1.65. The fourth-order valence-corrected chi connectivity index (χ4v) is 2.80. The first-order valence-electron chi connectivity index (χ1n) is 6.79. The van der Waals surface area contributed by atoms with Crippen molar-refractivity contribution in [3.05, 3.63) is 59.7 Å². The van der Waals surface area contributed by atoms with Crippen LogP contribution in [0.3, 0.4) is 0 Å². The van der Waals surface area contributed by atoms with Gasteiger partial charge in [-0.25, -0.2) is 0 Å². The number of nitriles is 1. The minimum Gasteiger partial charge on any atom is -0.496 e. The molecule has 0 aliphatic carbocycles. The van der Waals surface area contributed by atoms with Crippen LogP contribution in [-0.4, -0.2) is 19.4 Å². The van der Waals surface area contributed by atoms with Crippen LogP contribution in [0.5, 0.6) is 5.75 Å². The van der Waals surface area contributed by atoms with Gasteiger partial charge in [0.1, 0.15) is 5.75 Å². The van der Waals surface area contributed by atoms with Crippen molar-refractivity contribution < 1.29 is 4.74 Å². The summed E-state index contributed by atoms with van der Waals surface area (Å²) in [6.07, 6.45) is 0. The molecule has 21 heavy (non-hydrogen) atoms. The van der Waals surface area contributed by atoms with E-state index in [1.165, 1.54) is 4.90 Å². The molecule has 0 aliphatic rings. The van der Waals surface area contributed by atoms with E-state index in [0.717, 1.165) is 23.6 Å². The van der Waals surface area contributed by atoms with Gasteiger partial charge in [-0.2, -0.15) is 5.26 Å². The molecule has 0 heterocycles. The van der Waals surface area contributed by atoms with Gasteiger partial charge in [0.15, 0.2) is 0 Å². The molecule has 1 N–H and O–H groups in total. The summed E-state index contributed by atoms with van der Waals surface area (Å²) in [4.78, 5) is 1.28. The van der Waals surface area contributed by atoms with E-state index in [9.17, 15) is 0 Å². The molecule has 0 atom stereocenters. The van der Waals surface area contributed by atoms with Crippen LogP contribution in [0.4, 0.5) is 0 Å². The third kappa shape index (κ3) is 4.82. The van der Waals surface area contributed by atoms with Crippen molar-refractivity contribution in [1.82, 2.24) is 5.32 Å². The Morgan fingerprint density at radius 2 is 2.00 bits per heavy atom. The van der Waals surface area contributed by atoms with E-state index in [1.54, 1.807) is 13.2 Å². The zero-order valence-corrected chi connectivity index (χ0v) is 12.8. The molecule has 0 aromatic heterocycles. The Morgan fingerprint density at radius 3 is 2.71 bits per heavy atom. The van der Waals surface area contributed by atoms with E-state index < -0.39 is 0 Å². The minimum absolute atomic E-state index is 0.659. The lowest BCUT2D eigenvalue weighted by molar-refractivity contribution is 0.408. The molecular formula is C17H18N2OS. The number of nitrogens with zero attached hydrogens (tertiary/aromatic N) is 1. The molecule has 3 nitrogen and oxygen atoms in total. The molecule has 0 saturated heterocycles. The van der Waals surface area contributed by atoms with Crippen molar-refractivity contribution in [2.45, 2.75) is 11.4 Å². The number of hydrogen-bond acceptors (Lipinski definition) is 4. The monoisotopic (exact) mass is 298 g/mol. The predicted molar refractivity (Wildman–Crippen MR) is 86.6 cm³/mol. The van der Waals surface area contributed by atoms with Crippen molar-refractivity contribution in [3.8, 4) is 11.8 Å². The van der Waals surface area contributed by atoms with Crippen LogP contribution >= 0.6 is 11.8 Å². The van der Waals surface area contributed by atoms with Crippen molar-refractivity contribution >= 4 is 11.8 Å². The van der Waals surface area contributed by atoms with Gasteiger partial charge in [-0.05, 0) is 30.3 Å². The average molecular weight is 298 g/mol. The molecular weight excluding hydrogens is 280 g/mol. The van der Waals surface area contributed by atoms with Gasteiger partial charge in [0.25, 0.3) is 0 Å². The van der Waals surface area contributed by atoms with Gasteiger partial charge in [-0.1, -0.05) is 18.2 Å². The van der Waals surface area contributed by atoms with E-state index in [0.29, 0.717) is 12.1 Å². The van der Waals surface area contributed by atoms with Gasteiger partial charge in [0.2, 0.25) is 0 Å². The number of hydrogen-bond donors (Lipinski definition) is 1. The maximum absolute atomic E-state index is 8.95. The van der Waals surface area contributed by atoms with Crippen molar-refractivity contribution in [1.29, 1.82) is 5.26 Å². The zero-order valence-electron chi connectivity index (χ0n) is 12.0. The number of rotatable bonds is 7. The summed E-state index contributed by atoms with van der Waals surface area (Å²) in [5.41, 5.74) is 1.67. The van der Waals surface area contributed by atoms with E-state index in [4.69, 9.17) is 10.00 Å². The molecule has 4 heteroatoms. The Kier molecular flexibility index (Phi) is 6.14. The third-order valence-electron chi connectivity index (χ3n) is 3.02. The SMILES string of the molecule is COc1ccc(C#N)cc1CNCCSc1ccccc1. The number of ether oxygens (including phenoxy) is 1. The van der Waals surface area contributed by atoms with Crippen LogP contribution in [0.15, 0.2) is 53.4 Å². The lowest BCUT2D eigenvalue weighted by Crippen LogP contribution is -2.17. The number of methoxy groups -OCH3 is 1. The smallest absolute Gasteiger partial charge is 0.123 e. The van der Waals surface area contributed by atoms with Crippen molar-refractivity contribution in [2.75, 3.05) is 19.4 Å². The fourth-order valence-electron chi connectivity index (χ4n) is 1.97. The van der Waals surface area contributed by atoms with E-state index in [-0.39, 0.29) is 0 Å². The van der Waals surface area contributed by atoms with Gasteiger partial charge in [-0.15, -0.1) is 11.8 Å². The highest BCUT2D eigenvalue weighted by molar-refractivity contribution is 7.99. The molecule has 2 rings (SSSR count). The van der Waals surface area contributed by atoms with Gasteiger partial charge in [-0.3, -0.25) is 0 Å². The molecule has 0 fully saturated rings. The topological polar surface area (TPSA) is 45.0 Å². The zero-order chi connectivity index (χ0) is 14.9. The summed E-state index contributed by atoms with van der Waals surface area (Å²) < 4.78 is 5.32. The number of nitrogens with one attached hydrogen (secondary N) is 1. The second-order valence-corrected chi connectivity index (χ2v) is 5.65. The van der Waals surface area contributed by atoms with Gasteiger partial charge in [0, 0.05) is 29.3 Å². The second-order valence-electron chi connectivity index (χ2n) is 4.48. The minimum atomic E-state index is 0.659. The Labute approximate surface area is 129 Å². The molecule has 2 aromatic rings. The van der Waals surface area contributed by atoms with E-state index in [1.807, 2.05) is 42.1 Å². The van der Waals surface area contributed by atoms with Gasteiger partial charge in [0.05, 0.1) is 18.7 Å². The standard InChI is InChI=1S/C17H18N2OS/c1-20-17-8-7-14(12-18)11-15(17)13-19-9-10-21-16-5-3-2-4-6-16/h2-8,11,19H,9-10,13H2,1H3. The van der Waals surface area contributed by atoms with Crippen LogP contribution in [-0.2, 0) is 6.54 Å². The summed E-state index contributed by atoms with van der Waals surface area (Å²) in [5.74, 6) is 1.82. The molecule has 0 amide bonds. The summed E-state index contributed by atoms with van der Waals surface area (Å²) >= 11 is 1.83. The Bertz CT molecular complexity index is 608. The molecule has 0 bridgehead atoms. The molecule has 0 spiro atoms. The molecule has 0 unspecified atom stereocenters. The molecule has 0 radical (unpaired) electrons. The van der Waals surface area contributed by atoms with Crippen molar-refractivity contribution in [3.63, 3.8) is 0 Å². The quantitative estimate of drug-likeness (QED) is 0.628. The highest BCUT2D eigenvalue weighted by atomic mass is 32.2. The van der Waals surface area contributed by atoms with Gasteiger partial charge < -0.3 is 10.1 Å². The van der Waals surface area contributed by atoms with E-state index in [2.05, 4.69) is 23.5 Å². The Balaban J connectivity index is 1.79. The van der Waals surface area contributed by atoms with Crippen LogP contribution in [0.1, 0.15) is 11.1 Å². The largest absolute Gasteiger partial charge is 0.496 e. The Hall–Kier alpha value is -1.96. The second kappa shape index (κ2) is 8.35. The number of benzene rings is 2. The van der Waals surface area contributed by atoms with Crippen LogP contribution < -0.4 is 10.1 Å². The van der Waals surface area contributed by atoms with Crippen LogP contribution in [0, 0.1) is 11.3 Å². The molecule has 2 aromatic carbocycles. The van der Waals surface area contributed by atoms with Gasteiger partial charge >= 0.3 is 0 Å². The average Bonchev–Trinajstić information content (AvgIpc) is 2.55. The first-order chi connectivity index (χ1) is 10.3. The summed E-state index contributed by atoms with van der Waals surface area (Å²) in [6, 6.07) is 18.0. The predicted octanol–water partition coefficient (Wildman–Crippen LogP) is 3.45. The lowest BCUT2D eigenvalue weighted by atomic mass is 10.1. The lowest BCUT2D eigenvalue weighted by Gasteiger charge is -2.10. The normalized spacial score (nSPS) is 10.1. The summed E-state index contributed by atoms with van der Waals surface area (Å²) in [6.45, 7) is 1.60. The maximum atomic E-state index is 8.95. The molecule has 108 valence electrons. The summed E-state index contributed by atoms with van der Waals surface area (Å²) in [5, 5.41) is 12.3. The third-order valence-corrected chi connectivity index (χ3v) is 4.03. The van der Waals surface area contributed by atoms with Crippen molar-refractivity contribution in [2.24, 2.45) is 0 Å². The van der Waals surface area contributed by atoms with Crippen LogP contribution in [0.2, 0.25) is 0 Å².